The van der Waals surface area contributed by atoms with Gasteiger partial charge in [0.2, 0.25) is 0 Å². The van der Waals surface area contributed by atoms with Gasteiger partial charge in [-0.2, -0.15) is 0 Å². The van der Waals surface area contributed by atoms with Gasteiger partial charge >= 0.3 is 5.69 Å². The first-order valence-electron chi connectivity index (χ1n) is 10.8. The molecule has 3 heterocycles. The fraction of sp³-hybridized carbons (Fsp3) is 0.292. The normalized spacial score (nSPS) is 12.6. The molecule has 9 nitrogen and oxygen atoms in total. The molecular weight excluding hydrogens is 475 g/mol. The lowest BCUT2D eigenvalue weighted by molar-refractivity contribution is 0.296. The average Bonchev–Trinajstić information content (AvgIpc) is 3.07. The SMILES string of the molecule is CCOc1nc(C(CS(C)(=O)=O)n2c(=O)n(C)c3cc(-c4ccc(F)cc4)cnc32)ccc1OC. The van der Waals surface area contributed by atoms with Gasteiger partial charge in [0.25, 0.3) is 5.88 Å². The zero-order chi connectivity index (χ0) is 25.3. The van der Waals surface area contributed by atoms with Crippen LogP contribution in [0.1, 0.15) is 18.7 Å². The van der Waals surface area contributed by atoms with Crippen molar-refractivity contribution in [2.24, 2.45) is 7.05 Å². The van der Waals surface area contributed by atoms with Crippen LogP contribution in [0.5, 0.6) is 11.6 Å². The summed E-state index contributed by atoms with van der Waals surface area (Å²) < 4.78 is 51.7. The predicted molar refractivity (Wildman–Crippen MR) is 130 cm³/mol. The number of fused-ring (bicyclic) bond motifs is 1. The largest absolute Gasteiger partial charge is 0.491 e. The smallest absolute Gasteiger partial charge is 0.330 e. The quantitative estimate of drug-likeness (QED) is 0.366. The maximum atomic E-state index is 13.4. The van der Waals surface area contributed by atoms with Gasteiger partial charge in [0.1, 0.15) is 15.7 Å². The highest BCUT2D eigenvalue weighted by molar-refractivity contribution is 7.90. The molecule has 0 fully saturated rings. The van der Waals surface area contributed by atoms with Gasteiger partial charge in [-0.3, -0.25) is 9.13 Å². The molecule has 0 radical (unpaired) electrons. The van der Waals surface area contributed by atoms with E-state index in [1.165, 1.54) is 28.4 Å². The summed E-state index contributed by atoms with van der Waals surface area (Å²) in [6, 6.07) is 9.96. The molecule has 0 bridgehead atoms. The molecule has 184 valence electrons. The van der Waals surface area contributed by atoms with E-state index in [0.29, 0.717) is 34.8 Å². The minimum Gasteiger partial charge on any atom is -0.491 e. The van der Waals surface area contributed by atoms with Crippen molar-refractivity contribution < 1.29 is 22.3 Å². The van der Waals surface area contributed by atoms with E-state index < -0.39 is 21.6 Å². The Kier molecular flexibility index (Phi) is 6.62. The summed E-state index contributed by atoms with van der Waals surface area (Å²) in [5, 5.41) is 0. The zero-order valence-electron chi connectivity index (χ0n) is 19.7. The molecule has 4 aromatic rings. The van der Waals surface area contributed by atoms with Crippen molar-refractivity contribution in [1.29, 1.82) is 0 Å². The van der Waals surface area contributed by atoms with Crippen LogP contribution >= 0.6 is 0 Å². The van der Waals surface area contributed by atoms with Crippen molar-refractivity contribution in [3.8, 4) is 22.8 Å². The summed E-state index contributed by atoms with van der Waals surface area (Å²) in [5.74, 6) is -0.145. The van der Waals surface area contributed by atoms with E-state index in [1.54, 1.807) is 50.5 Å². The molecule has 1 unspecified atom stereocenters. The number of hydrogen-bond acceptors (Lipinski definition) is 7. The number of rotatable bonds is 8. The van der Waals surface area contributed by atoms with Gasteiger partial charge in [-0.25, -0.2) is 27.6 Å². The minimum absolute atomic E-state index is 0.200. The third-order valence-corrected chi connectivity index (χ3v) is 6.49. The number of aromatic nitrogens is 4. The van der Waals surface area contributed by atoms with Crippen LogP contribution in [-0.4, -0.2) is 53.2 Å². The van der Waals surface area contributed by atoms with Gasteiger partial charge < -0.3 is 9.47 Å². The highest BCUT2D eigenvalue weighted by Gasteiger charge is 2.28. The van der Waals surface area contributed by atoms with Gasteiger partial charge in [-0.1, -0.05) is 12.1 Å². The molecule has 0 aliphatic rings. The third kappa shape index (κ3) is 4.90. The number of sulfone groups is 1. The van der Waals surface area contributed by atoms with Crippen LogP contribution < -0.4 is 15.2 Å². The van der Waals surface area contributed by atoms with Crippen molar-refractivity contribution in [2.75, 3.05) is 25.7 Å². The van der Waals surface area contributed by atoms with Crippen LogP contribution in [0, 0.1) is 5.82 Å². The number of aryl methyl sites for hydroxylation is 1. The van der Waals surface area contributed by atoms with E-state index in [1.807, 2.05) is 0 Å². The fourth-order valence-electron chi connectivity index (χ4n) is 3.92. The third-order valence-electron chi connectivity index (χ3n) is 5.57. The summed E-state index contributed by atoms with van der Waals surface area (Å²) >= 11 is 0. The molecule has 35 heavy (non-hydrogen) atoms. The number of methoxy groups -OCH3 is 1. The monoisotopic (exact) mass is 500 g/mol. The van der Waals surface area contributed by atoms with Crippen LogP contribution in [0.2, 0.25) is 0 Å². The zero-order valence-corrected chi connectivity index (χ0v) is 20.5. The van der Waals surface area contributed by atoms with Crippen molar-refractivity contribution in [3.63, 3.8) is 0 Å². The second-order valence-electron chi connectivity index (χ2n) is 8.07. The molecule has 0 aliphatic carbocycles. The van der Waals surface area contributed by atoms with Gasteiger partial charge in [0.15, 0.2) is 11.4 Å². The number of ether oxygens (including phenoxy) is 2. The lowest BCUT2D eigenvalue weighted by atomic mass is 10.1. The van der Waals surface area contributed by atoms with E-state index in [0.717, 1.165) is 11.8 Å². The summed E-state index contributed by atoms with van der Waals surface area (Å²) in [6.45, 7) is 2.12. The van der Waals surface area contributed by atoms with Gasteiger partial charge in [-0.15, -0.1) is 0 Å². The van der Waals surface area contributed by atoms with Crippen LogP contribution in [0.3, 0.4) is 0 Å². The van der Waals surface area contributed by atoms with Gasteiger partial charge in [0, 0.05) is 25.1 Å². The van der Waals surface area contributed by atoms with Crippen molar-refractivity contribution in [1.82, 2.24) is 19.1 Å². The second kappa shape index (κ2) is 9.49. The first-order chi connectivity index (χ1) is 16.6. The van der Waals surface area contributed by atoms with Crippen molar-refractivity contribution >= 4 is 21.0 Å². The Labute approximate surface area is 201 Å². The molecule has 0 saturated carbocycles. The molecule has 0 N–H and O–H groups in total. The Bertz CT molecular complexity index is 1540. The number of halogens is 1. The number of hydrogen-bond donors (Lipinski definition) is 0. The number of pyridine rings is 2. The lowest BCUT2D eigenvalue weighted by Gasteiger charge is -2.19. The van der Waals surface area contributed by atoms with E-state index in [4.69, 9.17) is 9.47 Å². The topological polar surface area (TPSA) is 105 Å². The molecule has 11 heteroatoms. The van der Waals surface area contributed by atoms with Crippen LogP contribution in [0.15, 0.2) is 53.5 Å². The maximum absolute atomic E-state index is 13.4. The molecule has 3 aromatic heterocycles. The van der Waals surface area contributed by atoms with Crippen LogP contribution in [-0.2, 0) is 16.9 Å². The van der Waals surface area contributed by atoms with Crippen LogP contribution in [0.25, 0.3) is 22.3 Å². The molecule has 4 rings (SSSR count). The molecule has 0 amide bonds. The van der Waals surface area contributed by atoms with Crippen molar-refractivity contribution in [3.05, 3.63) is 70.7 Å². The Morgan fingerprint density at radius 2 is 1.83 bits per heavy atom. The standard InChI is InChI=1S/C24H25FN4O5S/c1-5-34-23-21(33-3)11-10-18(27-23)20(14-35(4,31)32)29-22-19(28(2)24(29)30)12-16(13-26-22)15-6-8-17(25)9-7-15/h6-13,20H,5,14H2,1-4H3. The maximum Gasteiger partial charge on any atom is 0.330 e. The molecular formula is C24H25FN4O5S. The van der Waals surface area contributed by atoms with Crippen LogP contribution in [0.4, 0.5) is 4.39 Å². The summed E-state index contributed by atoms with van der Waals surface area (Å²) in [6.07, 6.45) is 2.67. The Balaban J connectivity index is 1.92. The predicted octanol–water partition coefficient (Wildman–Crippen LogP) is 2.98. The fourth-order valence-corrected chi connectivity index (χ4v) is 4.81. The molecule has 0 saturated heterocycles. The molecule has 1 atom stereocenters. The minimum atomic E-state index is -3.54. The van der Waals surface area contributed by atoms with E-state index in [-0.39, 0.29) is 17.5 Å². The van der Waals surface area contributed by atoms with Gasteiger partial charge in [0.05, 0.1) is 36.7 Å². The number of imidazole rings is 1. The summed E-state index contributed by atoms with van der Waals surface area (Å²) in [7, 11) is -0.474. The Morgan fingerprint density at radius 3 is 2.46 bits per heavy atom. The lowest BCUT2D eigenvalue weighted by Crippen LogP contribution is -2.31. The first kappa shape index (κ1) is 24.4. The van der Waals surface area contributed by atoms with E-state index in [9.17, 15) is 17.6 Å². The Hall–Kier alpha value is -3.73. The number of benzene rings is 1. The summed E-state index contributed by atoms with van der Waals surface area (Å²) in [5.41, 5.74) is 2.08. The molecule has 0 aliphatic heterocycles. The molecule has 1 aromatic carbocycles. The van der Waals surface area contributed by atoms with Gasteiger partial charge in [-0.05, 0) is 42.8 Å². The first-order valence-corrected chi connectivity index (χ1v) is 12.9. The van der Waals surface area contributed by atoms with E-state index >= 15 is 0 Å². The van der Waals surface area contributed by atoms with E-state index in [2.05, 4.69) is 9.97 Å². The average molecular weight is 501 g/mol. The number of nitrogens with zero attached hydrogens (tertiary/aromatic N) is 4. The Morgan fingerprint density at radius 1 is 1.11 bits per heavy atom. The van der Waals surface area contributed by atoms with Crippen molar-refractivity contribution in [2.45, 2.75) is 13.0 Å². The highest BCUT2D eigenvalue weighted by atomic mass is 32.2. The molecule has 0 spiro atoms. The highest BCUT2D eigenvalue weighted by Crippen LogP contribution is 2.30. The summed E-state index contributed by atoms with van der Waals surface area (Å²) in [4.78, 5) is 22.4. The second-order valence-corrected chi connectivity index (χ2v) is 10.3.